The molecule has 0 atom stereocenters. The Morgan fingerprint density at radius 1 is 1.41 bits per heavy atom. The van der Waals surface area contributed by atoms with E-state index >= 15 is 0 Å². The second kappa shape index (κ2) is 4.44. The van der Waals surface area contributed by atoms with E-state index in [0.29, 0.717) is 19.3 Å². The molecule has 8 heteroatoms. The van der Waals surface area contributed by atoms with Crippen LogP contribution in [0, 0.1) is 5.92 Å². The lowest BCUT2D eigenvalue weighted by Gasteiger charge is -2.19. The van der Waals surface area contributed by atoms with Crippen molar-refractivity contribution in [1.82, 2.24) is 10.1 Å². The maximum Gasteiger partial charge on any atom is 0.377 e. The van der Waals surface area contributed by atoms with E-state index in [1.54, 1.807) is 0 Å². The summed E-state index contributed by atoms with van der Waals surface area (Å²) in [5.74, 6) is -0.809. The maximum absolute atomic E-state index is 11.2. The largest absolute Gasteiger partial charge is 0.475 e. The van der Waals surface area contributed by atoms with Crippen LogP contribution in [0.2, 0.25) is 0 Å². The normalized spacial score (nSPS) is 20.2. The zero-order valence-electron chi connectivity index (χ0n) is 9.00. The zero-order chi connectivity index (χ0) is 12.5. The Kier molecular flexibility index (Phi) is 3.14. The first kappa shape index (κ1) is 12.0. The minimum absolute atomic E-state index is 0.167. The van der Waals surface area contributed by atoms with Crippen molar-refractivity contribution in [2.24, 2.45) is 5.92 Å². The van der Waals surface area contributed by atoms with Gasteiger partial charge in [0.15, 0.2) is 0 Å². The lowest BCUT2D eigenvalue weighted by atomic mass is 9.99. The highest BCUT2D eigenvalue weighted by molar-refractivity contribution is 7.91. The van der Waals surface area contributed by atoms with Crippen LogP contribution in [0.1, 0.15) is 29.4 Å². The highest BCUT2D eigenvalue weighted by atomic mass is 32.2. The Labute approximate surface area is 97.7 Å². The number of carboxylic acids is 1. The molecule has 0 aromatic carbocycles. The van der Waals surface area contributed by atoms with Crippen LogP contribution in [-0.2, 0) is 16.3 Å². The Bertz CT molecular complexity index is 507. The Balaban J connectivity index is 1.95. The summed E-state index contributed by atoms with van der Waals surface area (Å²) in [6.07, 6.45) is 1.57. The molecule has 0 amide bonds. The summed E-state index contributed by atoms with van der Waals surface area (Å²) in [7, 11) is -2.88. The molecule has 7 nitrogen and oxygen atoms in total. The van der Waals surface area contributed by atoms with Crippen LogP contribution in [0.4, 0.5) is 0 Å². The molecule has 1 saturated heterocycles. The molecule has 1 aromatic heterocycles. The van der Waals surface area contributed by atoms with Crippen molar-refractivity contribution in [3.63, 3.8) is 0 Å². The first-order valence-corrected chi connectivity index (χ1v) is 7.05. The molecular formula is C9H12N2O5S. The zero-order valence-corrected chi connectivity index (χ0v) is 9.81. The van der Waals surface area contributed by atoms with Crippen LogP contribution in [0.15, 0.2) is 4.52 Å². The lowest BCUT2D eigenvalue weighted by molar-refractivity contribution is 0.0680. The molecule has 0 bridgehead atoms. The summed E-state index contributed by atoms with van der Waals surface area (Å²) in [6.45, 7) is 0. The van der Waals surface area contributed by atoms with E-state index in [9.17, 15) is 13.2 Å². The van der Waals surface area contributed by atoms with Crippen LogP contribution < -0.4 is 0 Å². The lowest BCUT2D eigenvalue weighted by Crippen LogP contribution is -2.24. The predicted octanol–water partition coefficient (Wildman–Crippen LogP) is 0.135. The Morgan fingerprint density at radius 2 is 2.06 bits per heavy atom. The molecule has 0 aliphatic carbocycles. The van der Waals surface area contributed by atoms with Crippen molar-refractivity contribution in [2.75, 3.05) is 11.5 Å². The first-order chi connectivity index (χ1) is 7.96. The number of hydrogen-bond acceptors (Lipinski definition) is 6. The molecule has 1 fully saturated rings. The second-order valence-corrected chi connectivity index (χ2v) is 6.42. The van der Waals surface area contributed by atoms with Crippen LogP contribution in [0.3, 0.4) is 0 Å². The standard InChI is InChI=1S/C9H12N2O5S/c12-9(13)8-10-7(16-11-8)5-6-1-3-17(14,15)4-2-6/h6H,1-5H2,(H,12,13). The van der Waals surface area contributed by atoms with E-state index in [-0.39, 0.29) is 29.1 Å². The molecule has 0 unspecified atom stereocenters. The number of carbonyl (C=O) groups is 1. The number of rotatable bonds is 3. The van der Waals surface area contributed by atoms with E-state index in [1.807, 2.05) is 0 Å². The summed E-state index contributed by atoms with van der Waals surface area (Å²) in [5, 5.41) is 11.9. The average Bonchev–Trinajstić information content (AvgIpc) is 2.70. The molecule has 94 valence electrons. The van der Waals surface area contributed by atoms with Crippen LogP contribution in [0.25, 0.3) is 0 Å². The van der Waals surface area contributed by atoms with E-state index < -0.39 is 15.8 Å². The Hall–Kier alpha value is -1.44. The molecular weight excluding hydrogens is 248 g/mol. The molecule has 1 aliphatic rings. The summed E-state index contributed by atoms with van der Waals surface area (Å²) in [4.78, 5) is 14.2. The van der Waals surface area contributed by atoms with Crippen LogP contribution in [-0.4, -0.2) is 41.1 Å². The van der Waals surface area contributed by atoms with Gasteiger partial charge in [0.1, 0.15) is 9.84 Å². The van der Waals surface area contributed by atoms with Crippen molar-refractivity contribution in [2.45, 2.75) is 19.3 Å². The number of aromatic nitrogens is 2. The summed E-state index contributed by atoms with van der Waals surface area (Å²) in [5.41, 5.74) is 0. The van der Waals surface area contributed by atoms with E-state index in [0.717, 1.165) is 0 Å². The van der Waals surface area contributed by atoms with Gasteiger partial charge in [-0.25, -0.2) is 13.2 Å². The SMILES string of the molecule is O=C(O)c1noc(CC2CCS(=O)(=O)CC2)n1. The number of nitrogens with zero attached hydrogens (tertiary/aromatic N) is 2. The van der Waals surface area contributed by atoms with Crippen molar-refractivity contribution in [1.29, 1.82) is 0 Å². The number of carboxylic acid groups (broad SMARTS) is 1. The monoisotopic (exact) mass is 260 g/mol. The summed E-state index contributed by atoms with van der Waals surface area (Å²) in [6, 6.07) is 0. The van der Waals surface area contributed by atoms with Gasteiger partial charge in [-0.1, -0.05) is 0 Å². The van der Waals surface area contributed by atoms with E-state index in [2.05, 4.69) is 10.1 Å². The van der Waals surface area contributed by atoms with Crippen LogP contribution >= 0.6 is 0 Å². The van der Waals surface area contributed by atoms with Gasteiger partial charge in [0.05, 0.1) is 11.5 Å². The third-order valence-corrected chi connectivity index (χ3v) is 4.51. The predicted molar refractivity (Wildman–Crippen MR) is 56.3 cm³/mol. The molecule has 1 N–H and O–H groups in total. The minimum Gasteiger partial charge on any atom is -0.475 e. The highest BCUT2D eigenvalue weighted by Crippen LogP contribution is 2.22. The number of sulfone groups is 1. The van der Waals surface area contributed by atoms with Gasteiger partial charge in [-0.3, -0.25) is 0 Å². The minimum atomic E-state index is -2.88. The van der Waals surface area contributed by atoms with Gasteiger partial charge in [0.2, 0.25) is 5.89 Å². The Morgan fingerprint density at radius 3 is 2.59 bits per heavy atom. The molecule has 17 heavy (non-hydrogen) atoms. The molecule has 2 rings (SSSR count). The first-order valence-electron chi connectivity index (χ1n) is 5.22. The van der Waals surface area contributed by atoms with Crippen molar-refractivity contribution >= 4 is 15.8 Å². The third-order valence-electron chi connectivity index (χ3n) is 2.80. The molecule has 1 aromatic rings. The van der Waals surface area contributed by atoms with Crippen molar-refractivity contribution in [3.8, 4) is 0 Å². The fraction of sp³-hybridized carbons (Fsp3) is 0.667. The highest BCUT2D eigenvalue weighted by Gasteiger charge is 2.25. The van der Waals surface area contributed by atoms with Crippen molar-refractivity contribution < 1.29 is 22.8 Å². The van der Waals surface area contributed by atoms with Gasteiger partial charge in [-0.15, -0.1) is 0 Å². The second-order valence-electron chi connectivity index (χ2n) is 4.12. The van der Waals surface area contributed by atoms with E-state index in [4.69, 9.17) is 9.63 Å². The quantitative estimate of drug-likeness (QED) is 0.822. The molecule has 0 spiro atoms. The molecule has 1 aliphatic heterocycles. The van der Waals surface area contributed by atoms with Gasteiger partial charge in [0, 0.05) is 6.42 Å². The number of aromatic carboxylic acids is 1. The average molecular weight is 260 g/mol. The van der Waals surface area contributed by atoms with Crippen molar-refractivity contribution in [3.05, 3.63) is 11.7 Å². The van der Waals surface area contributed by atoms with Gasteiger partial charge in [0.25, 0.3) is 5.82 Å². The smallest absolute Gasteiger partial charge is 0.377 e. The van der Waals surface area contributed by atoms with Gasteiger partial charge in [-0.2, -0.15) is 4.98 Å². The molecule has 2 heterocycles. The van der Waals surface area contributed by atoms with Crippen LogP contribution in [0.5, 0.6) is 0 Å². The van der Waals surface area contributed by atoms with E-state index in [1.165, 1.54) is 0 Å². The molecule has 0 radical (unpaired) electrons. The summed E-state index contributed by atoms with van der Waals surface area (Å²) < 4.78 is 27.2. The summed E-state index contributed by atoms with van der Waals surface area (Å²) >= 11 is 0. The van der Waals surface area contributed by atoms with Gasteiger partial charge >= 0.3 is 5.97 Å². The fourth-order valence-electron chi connectivity index (χ4n) is 1.81. The fourth-order valence-corrected chi connectivity index (χ4v) is 3.40. The van der Waals surface area contributed by atoms with Gasteiger partial charge < -0.3 is 9.63 Å². The third kappa shape index (κ3) is 3.02. The van der Waals surface area contributed by atoms with Gasteiger partial charge in [-0.05, 0) is 23.9 Å². The molecule has 0 saturated carbocycles. The number of hydrogen-bond donors (Lipinski definition) is 1. The topological polar surface area (TPSA) is 110 Å². The maximum atomic E-state index is 11.2.